The molecular weight excluding hydrogens is 296 g/mol. The second-order valence-corrected chi connectivity index (χ2v) is 6.86. The van der Waals surface area contributed by atoms with Gasteiger partial charge in [-0.25, -0.2) is 9.78 Å². The predicted octanol–water partition coefficient (Wildman–Crippen LogP) is 2.20. The first-order valence-electron chi connectivity index (χ1n) is 7.50. The first-order chi connectivity index (χ1) is 10.8. The van der Waals surface area contributed by atoms with Crippen LogP contribution in [0.4, 0.5) is 4.79 Å². The van der Waals surface area contributed by atoms with Gasteiger partial charge in [0.1, 0.15) is 5.69 Å². The molecule has 1 N–H and O–H groups in total. The van der Waals surface area contributed by atoms with Gasteiger partial charge in [0, 0.05) is 12.4 Å². The molecule has 2 aromatic rings. The van der Waals surface area contributed by atoms with Crippen molar-refractivity contribution >= 4 is 6.09 Å². The molecule has 122 valence electrons. The molecule has 1 amide bonds. The lowest BCUT2D eigenvalue weighted by Crippen LogP contribution is -2.51. The maximum atomic E-state index is 11.6. The van der Waals surface area contributed by atoms with Gasteiger partial charge >= 0.3 is 6.09 Å². The van der Waals surface area contributed by atoms with E-state index in [0.717, 1.165) is 0 Å². The third-order valence-electron chi connectivity index (χ3n) is 4.23. The molecule has 8 heteroatoms. The van der Waals surface area contributed by atoms with Crippen LogP contribution in [0.15, 0.2) is 18.6 Å². The molecule has 8 nitrogen and oxygen atoms in total. The maximum absolute atomic E-state index is 11.6. The average Bonchev–Trinajstić information content (AvgIpc) is 2.89. The van der Waals surface area contributed by atoms with Crippen LogP contribution in [0.5, 0.6) is 0 Å². The van der Waals surface area contributed by atoms with Crippen LogP contribution < -0.4 is 0 Å². The smallest absolute Gasteiger partial charge is 0.408 e. The number of amides is 1. The van der Waals surface area contributed by atoms with Gasteiger partial charge in [-0.15, -0.1) is 10.2 Å². The number of aromatic nitrogens is 5. The number of carbonyl (C=O) groups is 1. The molecule has 0 radical (unpaired) electrons. The molecule has 0 bridgehead atoms. The van der Waals surface area contributed by atoms with Crippen LogP contribution in [-0.4, -0.2) is 46.9 Å². The van der Waals surface area contributed by atoms with E-state index in [4.69, 9.17) is 0 Å². The number of hydrogen-bond acceptors (Lipinski definition) is 5. The molecule has 1 aliphatic rings. The Morgan fingerprint density at radius 2 is 2.04 bits per heavy atom. The topological polar surface area (TPSA) is 97.0 Å². The summed E-state index contributed by atoms with van der Waals surface area (Å²) in [6, 6.07) is -0.305. The van der Waals surface area contributed by atoms with Crippen molar-refractivity contribution in [3.8, 4) is 11.5 Å². The summed E-state index contributed by atoms with van der Waals surface area (Å²) in [5, 5.41) is 17.9. The van der Waals surface area contributed by atoms with Gasteiger partial charge < -0.3 is 9.67 Å². The van der Waals surface area contributed by atoms with E-state index in [1.165, 1.54) is 4.90 Å². The Morgan fingerprint density at radius 1 is 1.30 bits per heavy atom. The average molecular weight is 316 g/mol. The maximum Gasteiger partial charge on any atom is 0.408 e. The molecule has 1 aliphatic heterocycles. The van der Waals surface area contributed by atoms with Crippen molar-refractivity contribution in [2.24, 2.45) is 5.41 Å². The standard InChI is InChI=1S/C15H20N6O2/c1-9-12(15(2,3)4)21-11(8-20(9)14(22)23)18-19-13(21)10-7-16-5-6-17-10/h5-7,9,12H,8H2,1-4H3,(H,22,23)/t9?,12-/m1/s1. The normalized spacial score (nSPS) is 21.1. The van der Waals surface area contributed by atoms with Crippen LogP contribution in [0.2, 0.25) is 0 Å². The van der Waals surface area contributed by atoms with Crippen LogP contribution in [0, 0.1) is 5.41 Å². The van der Waals surface area contributed by atoms with Crippen molar-refractivity contribution < 1.29 is 9.90 Å². The Bertz CT molecular complexity index is 721. The Hall–Kier alpha value is -2.51. The van der Waals surface area contributed by atoms with Crippen molar-refractivity contribution in [1.82, 2.24) is 29.6 Å². The van der Waals surface area contributed by atoms with Gasteiger partial charge in [0.05, 0.1) is 24.8 Å². The second-order valence-electron chi connectivity index (χ2n) is 6.86. The first-order valence-corrected chi connectivity index (χ1v) is 7.50. The lowest BCUT2D eigenvalue weighted by molar-refractivity contribution is 0.0535. The summed E-state index contributed by atoms with van der Waals surface area (Å²) in [7, 11) is 0. The molecule has 2 atom stereocenters. The van der Waals surface area contributed by atoms with Gasteiger partial charge in [-0.2, -0.15) is 0 Å². The zero-order valence-corrected chi connectivity index (χ0v) is 13.6. The summed E-state index contributed by atoms with van der Waals surface area (Å²) in [6.45, 7) is 8.40. The lowest BCUT2D eigenvalue weighted by atomic mass is 9.80. The minimum Gasteiger partial charge on any atom is -0.465 e. The summed E-state index contributed by atoms with van der Waals surface area (Å²) in [5.74, 6) is 1.26. The van der Waals surface area contributed by atoms with Gasteiger partial charge in [-0.3, -0.25) is 9.88 Å². The van der Waals surface area contributed by atoms with E-state index in [1.54, 1.807) is 18.6 Å². The highest BCUT2D eigenvalue weighted by Gasteiger charge is 2.43. The van der Waals surface area contributed by atoms with Gasteiger partial charge in [0.2, 0.25) is 0 Å². The number of nitrogens with zero attached hydrogens (tertiary/aromatic N) is 6. The fraction of sp³-hybridized carbons (Fsp3) is 0.533. The number of hydrogen-bond donors (Lipinski definition) is 1. The zero-order valence-electron chi connectivity index (χ0n) is 13.6. The molecule has 3 heterocycles. The Kier molecular flexibility index (Phi) is 3.54. The SMILES string of the molecule is CC1[C@H](C(C)(C)C)n2c(nnc2-c2cnccn2)CN1C(=O)O. The third-order valence-corrected chi connectivity index (χ3v) is 4.23. The molecule has 1 unspecified atom stereocenters. The van der Waals surface area contributed by atoms with E-state index in [0.29, 0.717) is 17.3 Å². The summed E-state index contributed by atoms with van der Waals surface area (Å²) in [5.41, 5.74) is 0.457. The molecule has 0 spiro atoms. The molecule has 3 rings (SSSR count). The van der Waals surface area contributed by atoms with E-state index in [2.05, 4.69) is 40.9 Å². The fourth-order valence-electron chi connectivity index (χ4n) is 3.35. The van der Waals surface area contributed by atoms with Crippen molar-refractivity contribution in [3.05, 3.63) is 24.4 Å². The largest absolute Gasteiger partial charge is 0.465 e. The Morgan fingerprint density at radius 3 is 2.61 bits per heavy atom. The second kappa shape index (κ2) is 5.29. The van der Waals surface area contributed by atoms with Crippen molar-refractivity contribution in [2.45, 2.75) is 46.3 Å². The van der Waals surface area contributed by atoms with E-state index in [1.807, 2.05) is 11.5 Å². The number of fused-ring (bicyclic) bond motifs is 1. The van der Waals surface area contributed by atoms with Gasteiger partial charge in [0.25, 0.3) is 0 Å². The lowest BCUT2D eigenvalue weighted by Gasteiger charge is -2.45. The quantitative estimate of drug-likeness (QED) is 0.866. The molecule has 0 saturated heterocycles. The summed E-state index contributed by atoms with van der Waals surface area (Å²) >= 11 is 0. The Balaban J connectivity index is 2.18. The Labute approximate surface area is 134 Å². The highest BCUT2D eigenvalue weighted by atomic mass is 16.4. The van der Waals surface area contributed by atoms with Crippen LogP contribution >= 0.6 is 0 Å². The third kappa shape index (κ3) is 2.54. The predicted molar refractivity (Wildman–Crippen MR) is 82.6 cm³/mol. The van der Waals surface area contributed by atoms with E-state index >= 15 is 0 Å². The van der Waals surface area contributed by atoms with E-state index in [-0.39, 0.29) is 24.0 Å². The summed E-state index contributed by atoms with van der Waals surface area (Å²) in [6.07, 6.45) is 3.92. The van der Waals surface area contributed by atoms with Gasteiger partial charge in [-0.05, 0) is 12.3 Å². The van der Waals surface area contributed by atoms with Crippen molar-refractivity contribution in [1.29, 1.82) is 0 Å². The molecule has 0 aliphatic carbocycles. The van der Waals surface area contributed by atoms with Crippen LogP contribution in [0.1, 0.15) is 39.6 Å². The van der Waals surface area contributed by atoms with Crippen molar-refractivity contribution in [3.63, 3.8) is 0 Å². The molecule has 0 fully saturated rings. The van der Waals surface area contributed by atoms with Crippen LogP contribution in [0.25, 0.3) is 11.5 Å². The molecule has 23 heavy (non-hydrogen) atoms. The minimum atomic E-state index is -0.943. The van der Waals surface area contributed by atoms with Crippen LogP contribution in [0.3, 0.4) is 0 Å². The zero-order chi connectivity index (χ0) is 16.8. The number of rotatable bonds is 1. The molecule has 0 saturated carbocycles. The number of carboxylic acid groups (broad SMARTS) is 1. The van der Waals surface area contributed by atoms with Crippen molar-refractivity contribution in [2.75, 3.05) is 0 Å². The highest BCUT2D eigenvalue weighted by molar-refractivity contribution is 5.66. The van der Waals surface area contributed by atoms with E-state index < -0.39 is 6.09 Å². The summed E-state index contributed by atoms with van der Waals surface area (Å²) < 4.78 is 2.02. The first kappa shape index (κ1) is 15.4. The van der Waals surface area contributed by atoms with Gasteiger partial charge in [0.15, 0.2) is 11.6 Å². The fourth-order valence-corrected chi connectivity index (χ4v) is 3.35. The summed E-state index contributed by atoms with van der Waals surface area (Å²) in [4.78, 5) is 21.4. The van der Waals surface area contributed by atoms with Crippen LogP contribution in [-0.2, 0) is 6.54 Å². The molecular formula is C15H20N6O2. The molecule has 0 aromatic carbocycles. The highest BCUT2D eigenvalue weighted by Crippen LogP contribution is 2.41. The van der Waals surface area contributed by atoms with E-state index in [9.17, 15) is 9.90 Å². The van der Waals surface area contributed by atoms with Gasteiger partial charge in [-0.1, -0.05) is 20.8 Å². The monoisotopic (exact) mass is 316 g/mol. The molecule has 2 aromatic heterocycles. The minimum absolute atomic E-state index is 0.102.